The molecule has 0 bridgehead atoms. The smallest absolute Gasteiger partial charge is 0.321 e. The molecule has 1 unspecified atom stereocenters. The average Bonchev–Trinajstić information content (AvgIpc) is 2.97. The van der Waals surface area contributed by atoms with Crippen LogP contribution < -0.4 is 5.73 Å². The van der Waals surface area contributed by atoms with E-state index in [0.717, 1.165) is 8.66 Å². The summed E-state index contributed by atoms with van der Waals surface area (Å²) in [5.74, 6) is 0.663. The van der Waals surface area contributed by atoms with Gasteiger partial charge in [-0.2, -0.15) is 0 Å². The molecule has 2 aromatic rings. The number of hydrogen-bond donors (Lipinski definition) is 2. The maximum Gasteiger partial charge on any atom is 0.321 e. The number of aliphatic carboxylic acids is 1. The molecule has 0 aliphatic heterocycles. The summed E-state index contributed by atoms with van der Waals surface area (Å²) < 4.78 is 6.47. The summed E-state index contributed by atoms with van der Waals surface area (Å²) in [6.07, 6.45) is 0. The number of thiophene rings is 1. The Kier molecular flexibility index (Phi) is 4.97. The van der Waals surface area contributed by atoms with E-state index in [2.05, 4.69) is 26.1 Å². The molecule has 0 saturated heterocycles. The van der Waals surface area contributed by atoms with Crippen LogP contribution in [0.5, 0.6) is 0 Å². The van der Waals surface area contributed by atoms with Crippen molar-refractivity contribution in [3.63, 3.8) is 0 Å². The number of aromatic nitrogens is 2. The van der Waals surface area contributed by atoms with Gasteiger partial charge >= 0.3 is 5.97 Å². The Labute approximate surface area is 125 Å². The first-order valence-electron chi connectivity index (χ1n) is 5.20. The fourth-order valence-electron chi connectivity index (χ4n) is 1.19. The van der Waals surface area contributed by atoms with Gasteiger partial charge in [0.2, 0.25) is 5.89 Å². The second-order valence-electron chi connectivity index (χ2n) is 3.56. The van der Waals surface area contributed by atoms with Gasteiger partial charge in [-0.3, -0.25) is 4.79 Å². The van der Waals surface area contributed by atoms with E-state index in [0.29, 0.717) is 23.3 Å². The number of nitrogens with zero attached hydrogens (tertiary/aromatic N) is 2. The van der Waals surface area contributed by atoms with Crippen molar-refractivity contribution in [3.05, 3.63) is 21.8 Å². The molecule has 9 heteroatoms. The Morgan fingerprint density at radius 2 is 2.37 bits per heavy atom. The van der Waals surface area contributed by atoms with Crippen LogP contribution in [0.25, 0.3) is 10.8 Å². The standard InChI is InChI=1S/C10H10BrN3O3S2/c11-7-2-1-6(19-7)9-14-13-8(17-9)4-18-3-5(12)10(15)16/h1-2,5H,3-4,12H2,(H,15,16). The highest BCUT2D eigenvalue weighted by Gasteiger charge is 2.14. The van der Waals surface area contributed by atoms with E-state index >= 15 is 0 Å². The minimum Gasteiger partial charge on any atom is -0.480 e. The monoisotopic (exact) mass is 363 g/mol. The lowest BCUT2D eigenvalue weighted by Crippen LogP contribution is -2.32. The minimum absolute atomic E-state index is 0.303. The van der Waals surface area contributed by atoms with Gasteiger partial charge in [0.25, 0.3) is 5.89 Å². The van der Waals surface area contributed by atoms with E-state index in [9.17, 15) is 4.79 Å². The first-order chi connectivity index (χ1) is 9.06. The molecule has 0 saturated carbocycles. The molecule has 0 aromatic carbocycles. The normalized spacial score (nSPS) is 12.5. The van der Waals surface area contributed by atoms with Gasteiger partial charge in [0.05, 0.1) is 14.4 Å². The number of carboxylic acid groups (broad SMARTS) is 1. The van der Waals surface area contributed by atoms with E-state index in [1.54, 1.807) is 0 Å². The third kappa shape index (κ3) is 4.03. The largest absolute Gasteiger partial charge is 0.480 e. The summed E-state index contributed by atoms with van der Waals surface area (Å²) in [5, 5.41) is 16.5. The number of thioether (sulfide) groups is 1. The molecule has 102 valence electrons. The summed E-state index contributed by atoms with van der Waals surface area (Å²) in [6.45, 7) is 0. The van der Waals surface area contributed by atoms with Crippen molar-refractivity contribution in [1.82, 2.24) is 10.2 Å². The molecule has 2 aromatic heterocycles. The number of nitrogens with two attached hydrogens (primary N) is 1. The van der Waals surface area contributed by atoms with Crippen molar-refractivity contribution in [3.8, 4) is 10.8 Å². The zero-order chi connectivity index (χ0) is 13.8. The van der Waals surface area contributed by atoms with Crippen molar-refractivity contribution < 1.29 is 14.3 Å². The first-order valence-corrected chi connectivity index (χ1v) is 7.97. The first kappa shape index (κ1) is 14.5. The van der Waals surface area contributed by atoms with Crippen LogP contribution in [0.3, 0.4) is 0 Å². The molecular weight excluding hydrogens is 354 g/mol. The summed E-state index contributed by atoms with van der Waals surface area (Å²) in [5.41, 5.74) is 5.39. The molecule has 0 amide bonds. The van der Waals surface area contributed by atoms with Crippen molar-refractivity contribution >= 4 is 45.0 Å². The molecule has 0 radical (unpaired) electrons. The topological polar surface area (TPSA) is 102 Å². The highest BCUT2D eigenvalue weighted by molar-refractivity contribution is 9.11. The van der Waals surface area contributed by atoms with Crippen LogP contribution in [0.2, 0.25) is 0 Å². The fourth-order valence-corrected chi connectivity index (χ4v) is 3.30. The summed E-state index contributed by atoms with van der Waals surface area (Å²) in [7, 11) is 0. The molecule has 19 heavy (non-hydrogen) atoms. The molecule has 0 aliphatic rings. The van der Waals surface area contributed by atoms with E-state index < -0.39 is 12.0 Å². The zero-order valence-corrected chi connectivity index (χ0v) is 12.8. The van der Waals surface area contributed by atoms with E-state index in [4.69, 9.17) is 15.3 Å². The van der Waals surface area contributed by atoms with Gasteiger partial charge in [-0.25, -0.2) is 0 Å². The third-order valence-electron chi connectivity index (χ3n) is 2.09. The van der Waals surface area contributed by atoms with Gasteiger partial charge in [0.15, 0.2) is 0 Å². The van der Waals surface area contributed by atoms with Gasteiger partial charge in [0, 0.05) is 5.75 Å². The van der Waals surface area contributed by atoms with Gasteiger partial charge in [-0.05, 0) is 28.1 Å². The molecule has 0 aliphatic carbocycles. The Morgan fingerprint density at radius 1 is 1.58 bits per heavy atom. The van der Waals surface area contributed by atoms with Crippen LogP contribution >= 0.6 is 39.0 Å². The second-order valence-corrected chi connectivity index (χ2v) is 7.06. The quantitative estimate of drug-likeness (QED) is 0.810. The van der Waals surface area contributed by atoms with Crippen LogP contribution in [0, 0.1) is 0 Å². The molecule has 0 fully saturated rings. The molecule has 6 nitrogen and oxygen atoms in total. The zero-order valence-electron chi connectivity index (χ0n) is 9.58. The lowest BCUT2D eigenvalue weighted by molar-refractivity contribution is -0.137. The van der Waals surface area contributed by atoms with Gasteiger partial charge in [-0.1, -0.05) is 0 Å². The van der Waals surface area contributed by atoms with Gasteiger partial charge in [-0.15, -0.1) is 33.3 Å². The van der Waals surface area contributed by atoms with E-state index in [-0.39, 0.29) is 0 Å². The van der Waals surface area contributed by atoms with Crippen LogP contribution in [0.15, 0.2) is 20.3 Å². The predicted octanol–water partition coefficient (Wildman–Crippen LogP) is 2.21. The van der Waals surface area contributed by atoms with E-state index in [1.165, 1.54) is 23.1 Å². The molecule has 2 heterocycles. The number of carbonyl (C=O) groups is 1. The fraction of sp³-hybridized carbons (Fsp3) is 0.300. The molecule has 3 N–H and O–H groups in total. The number of halogens is 1. The Morgan fingerprint density at radius 3 is 3.00 bits per heavy atom. The minimum atomic E-state index is -1.01. The summed E-state index contributed by atoms with van der Waals surface area (Å²) >= 11 is 6.21. The van der Waals surface area contributed by atoms with Crippen LogP contribution in [0.1, 0.15) is 5.89 Å². The van der Waals surface area contributed by atoms with Gasteiger partial charge < -0.3 is 15.3 Å². The van der Waals surface area contributed by atoms with Crippen molar-refractivity contribution in [2.24, 2.45) is 5.73 Å². The maximum atomic E-state index is 10.5. The van der Waals surface area contributed by atoms with Crippen LogP contribution in [-0.2, 0) is 10.5 Å². The van der Waals surface area contributed by atoms with Crippen molar-refractivity contribution in [1.29, 1.82) is 0 Å². The average molecular weight is 364 g/mol. The summed E-state index contributed by atoms with van der Waals surface area (Å²) in [6, 6.07) is 2.92. The number of hydrogen-bond acceptors (Lipinski definition) is 7. The lowest BCUT2D eigenvalue weighted by atomic mass is 10.4. The Bertz CT molecular complexity index is 572. The molecule has 1 atom stereocenters. The highest BCUT2D eigenvalue weighted by atomic mass is 79.9. The van der Waals surface area contributed by atoms with Crippen LogP contribution in [-0.4, -0.2) is 33.1 Å². The second kappa shape index (κ2) is 6.51. The number of carboxylic acids is 1. The molecule has 0 spiro atoms. The Hall–Kier alpha value is -0.900. The maximum absolute atomic E-state index is 10.5. The third-order valence-corrected chi connectivity index (χ3v) is 4.75. The Balaban J connectivity index is 1.89. The SMILES string of the molecule is NC(CSCc1nnc(-c2ccc(Br)s2)o1)C(=O)O. The highest BCUT2D eigenvalue weighted by Crippen LogP contribution is 2.30. The number of rotatable bonds is 6. The van der Waals surface area contributed by atoms with Gasteiger partial charge in [0.1, 0.15) is 6.04 Å². The molecular formula is C10H10BrN3O3S2. The van der Waals surface area contributed by atoms with Crippen LogP contribution in [0.4, 0.5) is 0 Å². The van der Waals surface area contributed by atoms with E-state index in [1.807, 2.05) is 12.1 Å². The summed E-state index contributed by atoms with van der Waals surface area (Å²) in [4.78, 5) is 11.4. The lowest BCUT2D eigenvalue weighted by Gasteiger charge is -2.03. The molecule has 2 rings (SSSR count). The predicted molar refractivity (Wildman–Crippen MR) is 77.1 cm³/mol. The van der Waals surface area contributed by atoms with Crippen molar-refractivity contribution in [2.45, 2.75) is 11.8 Å². The van der Waals surface area contributed by atoms with Crippen molar-refractivity contribution in [2.75, 3.05) is 5.75 Å².